The second kappa shape index (κ2) is 6.95. The van der Waals surface area contributed by atoms with Gasteiger partial charge in [-0.1, -0.05) is 30.6 Å². The Labute approximate surface area is 157 Å². The molecule has 0 saturated heterocycles. The number of fused-ring (bicyclic) bond motifs is 1. The average Bonchev–Trinajstić information content (AvgIpc) is 3.43. The molecule has 2 heterocycles. The number of carbonyl (C=O) groups excluding carboxylic acids is 2. The molecule has 1 N–H and O–H groups in total. The van der Waals surface area contributed by atoms with E-state index in [2.05, 4.69) is 22.4 Å². The van der Waals surface area contributed by atoms with Crippen molar-refractivity contribution in [3.63, 3.8) is 0 Å². The number of Topliss-reactive ketones (excluding diaryl/α,β-unsaturated/α-hetero) is 1. The van der Waals surface area contributed by atoms with E-state index in [1.807, 2.05) is 6.07 Å². The number of hydrogen-bond acceptors (Lipinski definition) is 5. The first-order chi connectivity index (χ1) is 13.1. The minimum atomic E-state index is -0.279. The van der Waals surface area contributed by atoms with E-state index >= 15 is 0 Å². The molecule has 0 aliphatic heterocycles. The van der Waals surface area contributed by atoms with Gasteiger partial charge in [0, 0.05) is 17.2 Å². The molecule has 0 unspecified atom stereocenters. The minimum Gasteiger partial charge on any atom is -0.336 e. The van der Waals surface area contributed by atoms with Gasteiger partial charge in [-0.05, 0) is 44.4 Å². The van der Waals surface area contributed by atoms with Crippen molar-refractivity contribution in [2.24, 2.45) is 0 Å². The molecular weight excluding hydrogens is 342 g/mol. The molecule has 1 aliphatic carbocycles. The Morgan fingerprint density at radius 2 is 2.00 bits per heavy atom. The molecule has 1 amide bonds. The SMILES string of the molecule is CCCc1noc2nc(C3CC3)cc(C(=O)Nc3ccccc3C(C)=O)c12. The van der Waals surface area contributed by atoms with Crippen LogP contribution in [0.1, 0.15) is 71.1 Å². The molecule has 1 saturated carbocycles. The fraction of sp³-hybridized carbons (Fsp3) is 0.333. The van der Waals surface area contributed by atoms with Crippen LogP contribution in [0.5, 0.6) is 0 Å². The van der Waals surface area contributed by atoms with E-state index in [-0.39, 0.29) is 11.7 Å². The van der Waals surface area contributed by atoms with Gasteiger partial charge in [0.2, 0.25) is 0 Å². The average molecular weight is 363 g/mol. The lowest BCUT2D eigenvalue weighted by molar-refractivity contribution is 0.101. The van der Waals surface area contributed by atoms with Crippen molar-refractivity contribution in [3.8, 4) is 0 Å². The Balaban J connectivity index is 1.78. The Morgan fingerprint density at radius 3 is 2.70 bits per heavy atom. The maximum atomic E-state index is 13.1. The number of ketones is 1. The molecule has 4 rings (SSSR count). The maximum Gasteiger partial charge on any atom is 0.259 e. The predicted molar refractivity (Wildman–Crippen MR) is 102 cm³/mol. The van der Waals surface area contributed by atoms with E-state index in [9.17, 15) is 9.59 Å². The highest BCUT2D eigenvalue weighted by Gasteiger charge is 2.29. The topological polar surface area (TPSA) is 85.1 Å². The number of para-hydroxylation sites is 1. The van der Waals surface area contributed by atoms with Gasteiger partial charge in [-0.15, -0.1) is 0 Å². The summed E-state index contributed by atoms with van der Waals surface area (Å²) in [6.45, 7) is 3.54. The third-order valence-corrected chi connectivity index (χ3v) is 4.82. The second-order valence-corrected chi connectivity index (χ2v) is 6.98. The summed E-state index contributed by atoms with van der Waals surface area (Å²) in [4.78, 5) is 29.6. The van der Waals surface area contributed by atoms with Crippen LogP contribution in [0, 0.1) is 0 Å². The minimum absolute atomic E-state index is 0.0962. The molecule has 0 bridgehead atoms. The maximum absolute atomic E-state index is 13.1. The Hall–Kier alpha value is -3.02. The first-order valence-electron chi connectivity index (χ1n) is 9.29. The highest BCUT2D eigenvalue weighted by molar-refractivity contribution is 6.14. The van der Waals surface area contributed by atoms with Crippen LogP contribution in [0.15, 0.2) is 34.9 Å². The Kier molecular flexibility index (Phi) is 4.48. The molecule has 2 aromatic heterocycles. The van der Waals surface area contributed by atoms with Crippen molar-refractivity contribution < 1.29 is 14.1 Å². The highest BCUT2D eigenvalue weighted by Crippen LogP contribution is 2.40. The number of nitrogens with zero attached hydrogens (tertiary/aromatic N) is 2. The number of nitrogens with one attached hydrogen (secondary N) is 1. The van der Waals surface area contributed by atoms with Gasteiger partial charge in [0.25, 0.3) is 11.6 Å². The lowest BCUT2D eigenvalue weighted by Gasteiger charge is -2.11. The summed E-state index contributed by atoms with van der Waals surface area (Å²) in [5.41, 5.74) is 3.51. The monoisotopic (exact) mass is 363 g/mol. The van der Waals surface area contributed by atoms with Crippen molar-refractivity contribution in [1.29, 1.82) is 0 Å². The summed E-state index contributed by atoms with van der Waals surface area (Å²) < 4.78 is 5.43. The summed E-state index contributed by atoms with van der Waals surface area (Å²) in [5.74, 6) is 0.00447. The zero-order valence-electron chi connectivity index (χ0n) is 15.4. The predicted octanol–water partition coefficient (Wildman–Crippen LogP) is 4.51. The first kappa shape index (κ1) is 17.4. The smallest absolute Gasteiger partial charge is 0.259 e. The fourth-order valence-corrected chi connectivity index (χ4v) is 3.29. The van der Waals surface area contributed by atoms with Gasteiger partial charge in [0.15, 0.2) is 5.78 Å². The molecule has 138 valence electrons. The quantitative estimate of drug-likeness (QED) is 0.651. The third-order valence-electron chi connectivity index (χ3n) is 4.82. The van der Waals surface area contributed by atoms with Gasteiger partial charge in [-0.25, -0.2) is 4.98 Å². The number of amides is 1. The Morgan fingerprint density at radius 1 is 1.22 bits per heavy atom. The third kappa shape index (κ3) is 3.35. The molecule has 3 aromatic rings. The van der Waals surface area contributed by atoms with E-state index < -0.39 is 0 Å². The number of aryl methyl sites for hydroxylation is 1. The van der Waals surface area contributed by atoms with E-state index in [1.165, 1.54) is 6.92 Å². The van der Waals surface area contributed by atoms with Crippen LogP contribution in [0.25, 0.3) is 11.1 Å². The normalized spacial score (nSPS) is 13.7. The molecular formula is C21H21N3O3. The summed E-state index contributed by atoms with van der Waals surface area (Å²) in [5, 5.41) is 7.68. The van der Waals surface area contributed by atoms with E-state index in [0.717, 1.165) is 30.7 Å². The lowest BCUT2D eigenvalue weighted by Crippen LogP contribution is -2.15. The van der Waals surface area contributed by atoms with Crippen LogP contribution in [0.4, 0.5) is 5.69 Å². The van der Waals surface area contributed by atoms with Crippen LogP contribution < -0.4 is 5.32 Å². The number of benzene rings is 1. The van der Waals surface area contributed by atoms with E-state index in [4.69, 9.17) is 4.52 Å². The molecule has 1 fully saturated rings. The summed E-state index contributed by atoms with van der Waals surface area (Å²) in [6, 6.07) is 8.86. The van der Waals surface area contributed by atoms with Crippen LogP contribution in [-0.2, 0) is 6.42 Å². The Bertz CT molecular complexity index is 1030. The largest absolute Gasteiger partial charge is 0.336 e. The van der Waals surface area contributed by atoms with Gasteiger partial charge in [0.1, 0.15) is 0 Å². The van der Waals surface area contributed by atoms with Gasteiger partial charge in [-0.3, -0.25) is 9.59 Å². The van der Waals surface area contributed by atoms with Crippen LogP contribution in [0.2, 0.25) is 0 Å². The van der Waals surface area contributed by atoms with Crippen LogP contribution >= 0.6 is 0 Å². The van der Waals surface area contributed by atoms with Crippen LogP contribution in [-0.4, -0.2) is 21.8 Å². The summed E-state index contributed by atoms with van der Waals surface area (Å²) >= 11 is 0. The number of pyridine rings is 1. The second-order valence-electron chi connectivity index (χ2n) is 6.98. The van der Waals surface area contributed by atoms with E-state index in [0.29, 0.717) is 40.3 Å². The zero-order valence-corrected chi connectivity index (χ0v) is 15.4. The lowest BCUT2D eigenvalue weighted by atomic mass is 10.0. The van der Waals surface area contributed by atoms with Crippen molar-refractivity contribution in [2.75, 3.05) is 5.32 Å². The zero-order chi connectivity index (χ0) is 19.0. The molecule has 0 atom stereocenters. The number of carbonyl (C=O) groups is 2. The van der Waals surface area contributed by atoms with Crippen molar-refractivity contribution in [2.45, 2.75) is 45.4 Å². The highest BCUT2D eigenvalue weighted by atomic mass is 16.5. The van der Waals surface area contributed by atoms with Gasteiger partial charge in [-0.2, -0.15) is 0 Å². The fourth-order valence-electron chi connectivity index (χ4n) is 3.29. The van der Waals surface area contributed by atoms with Crippen molar-refractivity contribution in [1.82, 2.24) is 10.1 Å². The number of aromatic nitrogens is 2. The standard InChI is InChI=1S/C21H21N3O3/c1-3-6-17-19-15(11-18(13-9-10-13)23-21(19)27-24-17)20(26)22-16-8-5-4-7-14(16)12(2)25/h4-5,7-8,11,13H,3,6,9-10H2,1-2H3,(H,22,26). The molecule has 6 heteroatoms. The van der Waals surface area contributed by atoms with E-state index in [1.54, 1.807) is 24.3 Å². The number of rotatable bonds is 6. The summed E-state index contributed by atoms with van der Waals surface area (Å²) in [6.07, 6.45) is 3.74. The molecule has 0 spiro atoms. The van der Waals surface area contributed by atoms with Gasteiger partial charge >= 0.3 is 0 Å². The molecule has 0 radical (unpaired) electrons. The van der Waals surface area contributed by atoms with Crippen LogP contribution in [0.3, 0.4) is 0 Å². The molecule has 1 aromatic carbocycles. The molecule has 6 nitrogen and oxygen atoms in total. The van der Waals surface area contributed by atoms with Gasteiger partial charge < -0.3 is 9.84 Å². The van der Waals surface area contributed by atoms with Crippen molar-refractivity contribution >= 4 is 28.5 Å². The molecule has 1 aliphatic rings. The van der Waals surface area contributed by atoms with Crippen molar-refractivity contribution in [3.05, 3.63) is 52.8 Å². The number of hydrogen-bond donors (Lipinski definition) is 1. The summed E-state index contributed by atoms with van der Waals surface area (Å²) in [7, 11) is 0. The number of anilines is 1. The first-order valence-corrected chi connectivity index (χ1v) is 9.29. The van der Waals surface area contributed by atoms with Gasteiger partial charge in [0.05, 0.1) is 22.3 Å². The molecule has 27 heavy (non-hydrogen) atoms.